The molecule has 0 saturated carbocycles. The van der Waals surface area contributed by atoms with Crippen molar-refractivity contribution in [1.82, 2.24) is 4.90 Å². The summed E-state index contributed by atoms with van der Waals surface area (Å²) < 4.78 is 11.0. The van der Waals surface area contributed by atoms with Gasteiger partial charge in [-0.1, -0.05) is 35.4 Å². The van der Waals surface area contributed by atoms with Gasteiger partial charge < -0.3 is 9.47 Å². The van der Waals surface area contributed by atoms with E-state index < -0.39 is 18.3 Å². The molecule has 0 aliphatic carbocycles. The van der Waals surface area contributed by atoms with Crippen molar-refractivity contribution in [3.05, 3.63) is 46.3 Å². The van der Waals surface area contributed by atoms with Crippen molar-refractivity contribution in [1.29, 1.82) is 0 Å². The lowest BCUT2D eigenvalue weighted by Crippen LogP contribution is -2.44. The Morgan fingerprint density at radius 3 is 2.79 bits per heavy atom. The first-order valence-corrected chi connectivity index (χ1v) is 8.13. The van der Waals surface area contributed by atoms with Crippen LogP contribution < -0.4 is 0 Å². The highest BCUT2D eigenvalue weighted by Gasteiger charge is 2.33. The van der Waals surface area contributed by atoms with Gasteiger partial charge in [0.15, 0.2) is 0 Å². The predicted molar refractivity (Wildman–Crippen MR) is 90.1 cm³/mol. The fourth-order valence-electron chi connectivity index (χ4n) is 2.89. The molecule has 4 atom stereocenters. The highest BCUT2D eigenvalue weighted by atomic mass is 16.7. The average molecular weight is 332 g/mol. The molecule has 24 heavy (non-hydrogen) atoms. The standard InChI is InChI=1S/C17H24N4O3/c1-12(14-7-5-4-6-8-14)21(3)11-15-9-10-16(19-20-18)17(24-15)23-13(2)22/h4-8,12,15-17H,9-11H2,1-3H3/t12-,15+,16-,17+/m1/s1. The summed E-state index contributed by atoms with van der Waals surface area (Å²) in [7, 11) is 2.04. The molecule has 7 nitrogen and oxygen atoms in total. The van der Waals surface area contributed by atoms with Gasteiger partial charge in [0.1, 0.15) is 6.04 Å². The van der Waals surface area contributed by atoms with E-state index in [0.717, 1.165) is 6.42 Å². The summed E-state index contributed by atoms with van der Waals surface area (Å²) in [4.78, 5) is 16.3. The highest BCUT2D eigenvalue weighted by Crippen LogP contribution is 2.26. The molecule has 0 spiro atoms. The summed E-state index contributed by atoms with van der Waals surface area (Å²) in [6.45, 7) is 4.17. The quantitative estimate of drug-likeness (QED) is 0.345. The minimum Gasteiger partial charge on any atom is -0.435 e. The van der Waals surface area contributed by atoms with E-state index in [4.69, 9.17) is 15.0 Å². The second-order valence-electron chi connectivity index (χ2n) is 6.11. The lowest BCUT2D eigenvalue weighted by molar-refractivity contribution is -0.208. The molecule has 1 aliphatic rings. The van der Waals surface area contributed by atoms with Gasteiger partial charge in [-0.05, 0) is 37.9 Å². The Kier molecular flexibility index (Phi) is 6.61. The molecule has 0 amide bonds. The van der Waals surface area contributed by atoms with Gasteiger partial charge in [-0.15, -0.1) is 0 Å². The lowest BCUT2D eigenvalue weighted by atomic mass is 10.0. The van der Waals surface area contributed by atoms with Gasteiger partial charge in [0, 0.05) is 24.4 Å². The van der Waals surface area contributed by atoms with Crippen LogP contribution in [0.3, 0.4) is 0 Å². The summed E-state index contributed by atoms with van der Waals surface area (Å²) in [5, 5.41) is 3.68. The normalized spacial score (nSPS) is 24.9. The summed E-state index contributed by atoms with van der Waals surface area (Å²) in [5.41, 5.74) is 9.87. The summed E-state index contributed by atoms with van der Waals surface area (Å²) in [6.07, 6.45) is 0.515. The number of hydrogen-bond donors (Lipinski definition) is 0. The first-order valence-electron chi connectivity index (χ1n) is 8.13. The zero-order valence-corrected chi connectivity index (χ0v) is 14.3. The van der Waals surface area contributed by atoms with Crippen LogP contribution in [0.2, 0.25) is 0 Å². The largest absolute Gasteiger partial charge is 0.435 e. The van der Waals surface area contributed by atoms with Crippen molar-refractivity contribution >= 4 is 5.97 Å². The first-order chi connectivity index (χ1) is 11.5. The number of rotatable bonds is 6. The zero-order valence-electron chi connectivity index (χ0n) is 14.3. The third-order valence-electron chi connectivity index (χ3n) is 4.34. The number of carbonyl (C=O) groups is 1. The van der Waals surface area contributed by atoms with Crippen LogP contribution >= 0.6 is 0 Å². The molecule has 0 N–H and O–H groups in total. The topological polar surface area (TPSA) is 87.5 Å². The number of nitrogens with zero attached hydrogens (tertiary/aromatic N) is 4. The van der Waals surface area contributed by atoms with E-state index in [0.29, 0.717) is 13.0 Å². The molecule has 130 valence electrons. The van der Waals surface area contributed by atoms with Crippen LogP contribution in [0.4, 0.5) is 0 Å². The molecule has 0 unspecified atom stereocenters. The first kappa shape index (κ1) is 18.3. The van der Waals surface area contributed by atoms with Crippen molar-refractivity contribution in [3.8, 4) is 0 Å². The average Bonchev–Trinajstić information content (AvgIpc) is 2.57. The van der Waals surface area contributed by atoms with Gasteiger partial charge >= 0.3 is 5.97 Å². The van der Waals surface area contributed by atoms with E-state index in [-0.39, 0.29) is 12.1 Å². The third-order valence-corrected chi connectivity index (χ3v) is 4.34. The molecule has 0 aromatic heterocycles. The molecule has 1 aliphatic heterocycles. The number of azide groups is 1. The molecule has 1 saturated heterocycles. The molecule has 0 bridgehead atoms. The van der Waals surface area contributed by atoms with E-state index in [1.165, 1.54) is 12.5 Å². The highest BCUT2D eigenvalue weighted by molar-refractivity contribution is 5.66. The monoisotopic (exact) mass is 332 g/mol. The maximum atomic E-state index is 11.2. The van der Waals surface area contributed by atoms with Gasteiger partial charge in [0.2, 0.25) is 6.29 Å². The van der Waals surface area contributed by atoms with Crippen LogP contribution in [0.25, 0.3) is 10.4 Å². The Balaban J connectivity index is 1.97. The van der Waals surface area contributed by atoms with Crippen molar-refractivity contribution < 1.29 is 14.3 Å². The van der Waals surface area contributed by atoms with Crippen molar-refractivity contribution in [3.63, 3.8) is 0 Å². The van der Waals surface area contributed by atoms with Gasteiger partial charge in [0.05, 0.1) is 6.10 Å². The van der Waals surface area contributed by atoms with Gasteiger partial charge in [-0.25, -0.2) is 0 Å². The number of hydrogen-bond acceptors (Lipinski definition) is 5. The van der Waals surface area contributed by atoms with Crippen LogP contribution in [-0.2, 0) is 14.3 Å². The second kappa shape index (κ2) is 8.68. The molecule has 1 heterocycles. The van der Waals surface area contributed by atoms with E-state index in [9.17, 15) is 4.79 Å². The van der Waals surface area contributed by atoms with Crippen LogP contribution in [-0.4, -0.2) is 42.9 Å². The number of carbonyl (C=O) groups excluding carboxylic acids is 1. The Hall–Kier alpha value is -2.08. The number of ether oxygens (including phenoxy) is 2. The van der Waals surface area contributed by atoms with Crippen LogP contribution in [0.1, 0.15) is 38.3 Å². The lowest BCUT2D eigenvalue weighted by Gasteiger charge is -2.36. The van der Waals surface area contributed by atoms with Gasteiger partial charge in [0.25, 0.3) is 0 Å². The van der Waals surface area contributed by atoms with E-state index >= 15 is 0 Å². The molecular weight excluding hydrogens is 308 g/mol. The van der Waals surface area contributed by atoms with Crippen LogP contribution in [0, 0.1) is 0 Å². The van der Waals surface area contributed by atoms with E-state index in [1.54, 1.807) is 0 Å². The zero-order chi connectivity index (χ0) is 17.5. The van der Waals surface area contributed by atoms with Crippen molar-refractivity contribution in [2.75, 3.05) is 13.6 Å². The minimum absolute atomic E-state index is 0.0735. The van der Waals surface area contributed by atoms with Crippen molar-refractivity contribution in [2.45, 2.75) is 51.2 Å². The number of benzene rings is 1. The molecular formula is C17H24N4O3. The fraction of sp³-hybridized carbons (Fsp3) is 0.588. The van der Waals surface area contributed by atoms with Gasteiger partial charge in [-0.3, -0.25) is 9.69 Å². The maximum Gasteiger partial charge on any atom is 0.304 e. The Labute approximate surface area is 142 Å². The number of esters is 1. The maximum absolute atomic E-state index is 11.2. The van der Waals surface area contributed by atoms with Crippen LogP contribution in [0.15, 0.2) is 35.4 Å². The molecule has 0 radical (unpaired) electrons. The Morgan fingerprint density at radius 2 is 2.17 bits per heavy atom. The summed E-state index contributed by atoms with van der Waals surface area (Å²) in [5.74, 6) is -0.440. The SMILES string of the molecule is CC(=O)O[C@H]1O[C@H](CN(C)[C@H](C)c2ccccc2)CC[C@H]1N=[N+]=[N-]. The molecule has 1 fully saturated rings. The predicted octanol–water partition coefficient (Wildman–Crippen LogP) is 3.43. The summed E-state index contributed by atoms with van der Waals surface area (Å²) >= 11 is 0. The molecule has 1 aromatic carbocycles. The molecule has 2 rings (SSSR count). The van der Waals surface area contributed by atoms with E-state index in [2.05, 4.69) is 34.0 Å². The summed E-state index contributed by atoms with van der Waals surface area (Å²) in [6, 6.07) is 10.0. The minimum atomic E-state index is -0.808. The van der Waals surface area contributed by atoms with Gasteiger partial charge in [-0.2, -0.15) is 0 Å². The molecule has 7 heteroatoms. The third kappa shape index (κ3) is 4.96. The Bertz CT molecular complexity index is 589. The number of likely N-dealkylation sites (N-methyl/N-ethyl adjacent to an activating group) is 1. The van der Waals surface area contributed by atoms with E-state index in [1.807, 2.05) is 25.2 Å². The Morgan fingerprint density at radius 1 is 1.46 bits per heavy atom. The smallest absolute Gasteiger partial charge is 0.304 e. The molecule has 1 aromatic rings. The second-order valence-corrected chi connectivity index (χ2v) is 6.11. The fourth-order valence-corrected chi connectivity index (χ4v) is 2.89. The van der Waals surface area contributed by atoms with Crippen LogP contribution in [0.5, 0.6) is 0 Å². The van der Waals surface area contributed by atoms with Crippen molar-refractivity contribution in [2.24, 2.45) is 5.11 Å².